The Kier molecular flexibility index (Phi) is 5.42. The zero-order chi connectivity index (χ0) is 18.0. The Bertz CT molecular complexity index is 650. The van der Waals surface area contributed by atoms with Crippen molar-refractivity contribution in [2.24, 2.45) is 0 Å². The molecule has 1 aromatic carbocycles. The van der Waals surface area contributed by atoms with E-state index < -0.39 is 6.04 Å². The van der Waals surface area contributed by atoms with Gasteiger partial charge in [-0.1, -0.05) is 12.6 Å². The van der Waals surface area contributed by atoms with Gasteiger partial charge in [-0.3, -0.25) is 4.79 Å². The molecule has 1 unspecified atom stereocenters. The summed E-state index contributed by atoms with van der Waals surface area (Å²) >= 11 is 0. The van der Waals surface area contributed by atoms with E-state index in [-0.39, 0.29) is 11.7 Å². The first-order chi connectivity index (χ1) is 11.9. The van der Waals surface area contributed by atoms with Crippen molar-refractivity contribution in [1.29, 1.82) is 0 Å². The highest BCUT2D eigenvalue weighted by molar-refractivity contribution is 5.87. The molecule has 2 heterocycles. The second-order valence-corrected chi connectivity index (χ2v) is 7.47. The van der Waals surface area contributed by atoms with Crippen LogP contribution >= 0.6 is 0 Å². The van der Waals surface area contributed by atoms with Gasteiger partial charge in [0.1, 0.15) is 11.9 Å². The molecule has 2 aliphatic rings. The highest BCUT2D eigenvalue weighted by Crippen LogP contribution is 2.31. The Morgan fingerprint density at radius 3 is 2.60 bits per heavy atom. The number of nitrogens with zero attached hydrogens (tertiary/aromatic N) is 1. The monoisotopic (exact) mass is 345 g/mol. The maximum absolute atomic E-state index is 14.5. The van der Waals surface area contributed by atoms with Crippen LogP contribution in [0, 0.1) is 5.82 Å². The fourth-order valence-electron chi connectivity index (χ4n) is 3.75. The van der Waals surface area contributed by atoms with Crippen molar-refractivity contribution in [3.8, 4) is 0 Å². The second-order valence-electron chi connectivity index (χ2n) is 7.47. The van der Waals surface area contributed by atoms with E-state index in [0.717, 1.165) is 43.6 Å². The number of benzene rings is 1. The van der Waals surface area contributed by atoms with E-state index in [2.05, 4.69) is 36.0 Å². The number of nitrogens with one attached hydrogen (secondary N) is 2. The SMILES string of the molecule is C=C1CCC(Nc2ccc(C3CCN(C(C)C)CC3)cc2F)C(=O)N1. The molecule has 3 rings (SSSR count). The van der Waals surface area contributed by atoms with Crippen LogP contribution in [0.3, 0.4) is 0 Å². The largest absolute Gasteiger partial charge is 0.371 e. The number of allylic oxidation sites excluding steroid dienone is 1. The van der Waals surface area contributed by atoms with Crippen LogP contribution < -0.4 is 10.6 Å². The molecule has 2 N–H and O–H groups in total. The van der Waals surface area contributed by atoms with E-state index in [9.17, 15) is 9.18 Å². The third-order valence-corrected chi connectivity index (χ3v) is 5.41. The molecular formula is C20H28FN3O. The smallest absolute Gasteiger partial charge is 0.246 e. The molecule has 1 atom stereocenters. The molecule has 4 nitrogen and oxygen atoms in total. The molecule has 136 valence electrons. The van der Waals surface area contributed by atoms with Crippen LogP contribution in [0.15, 0.2) is 30.5 Å². The lowest BCUT2D eigenvalue weighted by molar-refractivity contribution is -0.122. The highest BCUT2D eigenvalue weighted by Gasteiger charge is 2.26. The van der Waals surface area contributed by atoms with Crippen LogP contribution in [0.4, 0.5) is 10.1 Å². The Morgan fingerprint density at radius 1 is 1.28 bits per heavy atom. The molecular weight excluding hydrogens is 317 g/mol. The van der Waals surface area contributed by atoms with E-state index in [1.54, 1.807) is 12.1 Å². The number of carbonyl (C=O) groups excluding carboxylic acids is 1. The Labute approximate surface area is 149 Å². The van der Waals surface area contributed by atoms with E-state index in [4.69, 9.17) is 0 Å². The van der Waals surface area contributed by atoms with Gasteiger partial charge in [0.05, 0.1) is 5.69 Å². The number of piperidine rings is 2. The first-order valence-electron chi connectivity index (χ1n) is 9.22. The van der Waals surface area contributed by atoms with Crippen molar-refractivity contribution in [2.75, 3.05) is 18.4 Å². The number of hydrogen-bond acceptors (Lipinski definition) is 3. The molecule has 0 aliphatic carbocycles. The lowest BCUT2D eigenvalue weighted by Gasteiger charge is -2.35. The second kappa shape index (κ2) is 7.56. The predicted molar refractivity (Wildman–Crippen MR) is 99.0 cm³/mol. The number of halogens is 1. The molecule has 0 bridgehead atoms. The van der Waals surface area contributed by atoms with Gasteiger partial charge < -0.3 is 15.5 Å². The molecule has 0 radical (unpaired) electrons. The summed E-state index contributed by atoms with van der Waals surface area (Å²) in [7, 11) is 0. The van der Waals surface area contributed by atoms with Crippen LogP contribution in [0.25, 0.3) is 0 Å². The number of likely N-dealkylation sites (tertiary alicyclic amines) is 1. The molecule has 2 saturated heterocycles. The minimum atomic E-state index is -0.403. The summed E-state index contributed by atoms with van der Waals surface area (Å²) < 4.78 is 14.5. The van der Waals surface area contributed by atoms with Crippen LogP contribution in [0.5, 0.6) is 0 Å². The minimum Gasteiger partial charge on any atom is -0.371 e. The number of rotatable bonds is 4. The number of hydrogen-bond donors (Lipinski definition) is 2. The van der Waals surface area contributed by atoms with Gasteiger partial charge >= 0.3 is 0 Å². The van der Waals surface area contributed by atoms with Gasteiger partial charge in [0.15, 0.2) is 0 Å². The van der Waals surface area contributed by atoms with Crippen LogP contribution in [-0.2, 0) is 4.79 Å². The Balaban J connectivity index is 1.63. The first-order valence-corrected chi connectivity index (χ1v) is 9.22. The lowest BCUT2D eigenvalue weighted by atomic mass is 9.88. The standard InChI is InChI=1S/C20H28FN3O/c1-13(2)24-10-8-15(9-11-24)16-5-7-18(17(21)12-16)23-19-6-4-14(3)22-20(19)25/h5,7,12-13,15,19,23H,3-4,6,8-11H2,1-2H3,(H,22,25). The zero-order valence-corrected chi connectivity index (χ0v) is 15.1. The fourth-order valence-corrected chi connectivity index (χ4v) is 3.75. The summed E-state index contributed by atoms with van der Waals surface area (Å²) in [5.41, 5.74) is 2.19. The number of carbonyl (C=O) groups is 1. The highest BCUT2D eigenvalue weighted by atomic mass is 19.1. The van der Waals surface area contributed by atoms with Gasteiger partial charge in [-0.2, -0.15) is 0 Å². The maximum atomic E-state index is 14.5. The molecule has 2 aliphatic heterocycles. The zero-order valence-electron chi connectivity index (χ0n) is 15.1. The molecule has 5 heteroatoms. The number of anilines is 1. The molecule has 0 spiro atoms. The van der Waals surface area contributed by atoms with E-state index >= 15 is 0 Å². The average Bonchev–Trinajstić information content (AvgIpc) is 2.59. The normalized spacial score (nSPS) is 23.0. The molecule has 25 heavy (non-hydrogen) atoms. The van der Waals surface area contributed by atoms with Gasteiger partial charge in [-0.25, -0.2) is 4.39 Å². The third-order valence-electron chi connectivity index (χ3n) is 5.41. The van der Waals surface area contributed by atoms with Gasteiger partial charge in [0.2, 0.25) is 5.91 Å². The van der Waals surface area contributed by atoms with Crippen molar-refractivity contribution < 1.29 is 9.18 Å². The fraction of sp³-hybridized carbons (Fsp3) is 0.550. The van der Waals surface area contributed by atoms with Crippen molar-refractivity contribution in [3.05, 3.63) is 41.9 Å². The minimum absolute atomic E-state index is 0.138. The molecule has 2 fully saturated rings. The topological polar surface area (TPSA) is 44.4 Å². The summed E-state index contributed by atoms with van der Waals surface area (Å²) in [6.45, 7) is 10.3. The quantitative estimate of drug-likeness (QED) is 0.876. The molecule has 1 amide bonds. The van der Waals surface area contributed by atoms with Crippen molar-refractivity contribution in [2.45, 2.75) is 57.5 Å². The van der Waals surface area contributed by atoms with Crippen molar-refractivity contribution in [3.63, 3.8) is 0 Å². The van der Waals surface area contributed by atoms with E-state index in [1.165, 1.54) is 0 Å². The van der Waals surface area contributed by atoms with Gasteiger partial charge in [-0.15, -0.1) is 0 Å². The van der Waals surface area contributed by atoms with Gasteiger partial charge in [0, 0.05) is 11.7 Å². The first kappa shape index (κ1) is 17.9. The van der Waals surface area contributed by atoms with E-state index in [0.29, 0.717) is 24.1 Å². The maximum Gasteiger partial charge on any atom is 0.246 e. The summed E-state index contributed by atoms with van der Waals surface area (Å²) in [6.07, 6.45) is 3.49. The van der Waals surface area contributed by atoms with E-state index in [1.807, 2.05) is 6.07 Å². The lowest BCUT2D eigenvalue weighted by Crippen LogP contribution is -2.43. The number of amides is 1. The van der Waals surface area contributed by atoms with Crippen molar-refractivity contribution >= 4 is 11.6 Å². The summed E-state index contributed by atoms with van der Waals surface area (Å²) in [5.74, 6) is 0.00151. The third kappa shape index (κ3) is 4.21. The summed E-state index contributed by atoms with van der Waals surface area (Å²) in [6, 6.07) is 5.58. The van der Waals surface area contributed by atoms with Gasteiger partial charge in [0.25, 0.3) is 0 Å². The summed E-state index contributed by atoms with van der Waals surface area (Å²) in [5, 5.41) is 5.76. The van der Waals surface area contributed by atoms with Gasteiger partial charge in [-0.05, 0) is 76.2 Å². The molecule has 0 aromatic heterocycles. The molecule has 0 saturated carbocycles. The Morgan fingerprint density at radius 2 is 2.00 bits per heavy atom. The Hall–Kier alpha value is -1.88. The van der Waals surface area contributed by atoms with Crippen LogP contribution in [0.2, 0.25) is 0 Å². The predicted octanol–water partition coefficient (Wildman–Crippen LogP) is 3.62. The average molecular weight is 345 g/mol. The van der Waals surface area contributed by atoms with Crippen LogP contribution in [-0.4, -0.2) is 36.0 Å². The molecule has 1 aromatic rings. The van der Waals surface area contributed by atoms with Crippen molar-refractivity contribution in [1.82, 2.24) is 10.2 Å². The summed E-state index contributed by atoms with van der Waals surface area (Å²) in [4.78, 5) is 14.4. The van der Waals surface area contributed by atoms with Crippen LogP contribution in [0.1, 0.15) is 51.0 Å².